The lowest BCUT2D eigenvalue weighted by atomic mass is 9.88. The maximum absolute atomic E-state index is 10.8. The van der Waals surface area contributed by atoms with Crippen molar-refractivity contribution < 1.29 is 9.90 Å². The summed E-state index contributed by atoms with van der Waals surface area (Å²) < 4.78 is 0. The third-order valence-electron chi connectivity index (χ3n) is 2.43. The molecule has 0 aromatic heterocycles. The molecule has 0 aliphatic carbocycles. The molecule has 0 spiro atoms. The summed E-state index contributed by atoms with van der Waals surface area (Å²) in [4.78, 5) is 10.8. The van der Waals surface area contributed by atoms with Gasteiger partial charge in [-0.05, 0) is 24.8 Å². The van der Waals surface area contributed by atoms with Crippen molar-refractivity contribution >= 4 is 5.97 Å². The summed E-state index contributed by atoms with van der Waals surface area (Å²) in [6.45, 7) is 5.79. The zero-order chi connectivity index (χ0) is 9.14. The molecule has 1 fully saturated rings. The Morgan fingerprint density at radius 3 is 2.75 bits per heavy atom. The first kappa shape index (κ1) is 9.52. The van der Waals surface area contributed by atoms with Gasteiger partial charge < -0.3 is 10.4 Å². The second-order valence-electron chi connectivity index (χ2n) is 3.99. The minimum Gasteiger partial charge on any atom is -0.481 e. The highest BCUT2D eigenvalue weighted by molar-refractivity contribution is 5.71. The second-order valence-corrected chi connectivity index (χ2v) is 3.99. The van der Waals surface area contributed by atoms with Crippen LogP contribution >= 0.6 is 0 Å². The smallest absolute Gasteiger partial charge is 0.308 e. The van der Waals surface area contributed by atoms with E-state index < -0.39 is 5.97 Å². The van der Waals surface area contributed by atoms with E-state index in [2.05, 4.69) is 19.2 Å². The van der Waals surface area contributed by atoms with Crippen LogP contribution in [0.2, 0.25) is 0 Å². The fraction of sp³-hybridized carbons (Fsp3) is 0.889. The SMILES string of the molecule is CC(C)C[C@H]1CNC[C@H]1C(=O)O. The maximum atomic E-state index is 10.8. The lowest BCUT2D eigenvalue weighted by Gasteiger charge is -2.16. The van der Waals surface area contributed by atoms with Crippen LogP contribution in [0.15, 0.2) is 0 Å². The van der Waals surface area contributed by atoms with Crippen LogP contribution in [0.25, 0.3) is 0 Å². The van der Waals surface area contributed by atoms with Gasteiger partial charge in [0, 0.05) is 6.54 Å². The van der Waals surface area contributed by atoms with E-state index in [1.165, 1.54) is 0 Å². The number of carboxylic acids is 1. The van der Waals surface area contributed by atoms with Crippen molar-refractivity contribution in [3.63, 3.8) is 0 Å². The number of rotatable bonds is 3. The van der Waals surface area contributed by atoms with Crippen LogP contribution < -0.4 is 5.32 Å². The predicted molar refractivity (Wildman–Crippen MR) is 46.9 cm³/mol. The summed E-state index contributed by atoms with van der Waals surface area (Å²) in [6, 6.07) is 0. The average molecular weight is 171 g/mol. The minimum atomic E-state index is -0.648. The zero-order valence-corrected chi connectivity index (χ0v) is 7.71. The number of aliphatic carboxylic acids is 1. The summed E-state index contributed by atoms with van der Waals surface area (Å²) >= 11 is 0. The largest absolute Gasteiger partial charge is 0.481 e. The van der Waals surface area contributed by atoms with Gasteiger partial charge in [0.15, 0.2) is 0 Å². The molecule has 0 amide bonds. The molecule has 1 rings (SSSR count). The van der Waals surface area contributed by atoms with Crippen LogP contribution in [0, 0.1) is 17.8 Å². The van der Waals surface area contributed by atoms with Crippen molar-refractivity contribution in [2.24, 2.45) is 17.8 Å². The first-order valence-corrected chi connectivity index (χ1v) is 4.54. The molecule has 0 radical (unpaired) electrons. The molecule has 0 aromatic carbocycles. The molecule has 1 aliphatic heterocycles. The Morgan fingerprint density at radius 1 is 1.58 bits per heavy atom. The molecule has 3 heteroatoms. The predicted octanol–water partition coefficient (Wildman–Crippen LogP) is 0.953. The van der Waals surface area contributed by atoms with E-state index in [0.29, 0.717) is 18.4 Å². The highest BCUT2D eigenvalue weighted by Gasteiger charge is 2.32. The lowest BCUT2D eigenvalue weighted by molar-refractivity contribution is -0.142. The van der Waals surface area contributed by atoms with Crippen LogP contribution in [-0.2, 0) is 4.79 Å². The Labute approximate surface area is 73.2 Å². The fourth-order valence-electron chi connectivity index (χ4n) is 1.88. The Morgan fingerprint density at radius 2 is 2.25 bits per heavy atom. The first-order chi connectivity index (χ1) is 5.61. The van der Waals surface area contributed by atoms with E-state index in [4.69, 9.17) is 5.11 Å². The molecule has 70 valence electrons. The van der Waals surface area contributed by atoms with Crippen molar-refractivity contribution in [3.05, 3.63) is 0 Å². The molecule has 1 heterocycles. The van der Waals surface area contributed by atoms with E-state index in [0.717, 1.165) is 13.0 Å². The quantitative estimate of drug-likeness (QED) is 0.664. The summed E-state index contributed by atoms with van der Waals surface area (Å²) in [6.07, 6.45) is 1.02. The summed E-state index contributed by atoms with van der Waals surface area (Å²) in [7, 11) is 0. The van der Waals surface area contributed by atoms with Gasteiger partial charge in [-0.3, -0.25) is 4.79 Å². The molecule has 3 nitrogen and oxygen atoms in total. The molecular formula is C9H17NO2. The van der Waals surface area contributed by atoms with Crippen LogP contribution in [0.4, 0.5) is 0 Å². The third kappa shape index (κ3) is 2.21. The van der Waals surface area contributed by atoms with Gasteiger partial charge in [0.1, 0.15) is 0 Å². The first-order valence-electron chi connectivity index (χ1n) is 4.54. The number of hydrogen-bond acceptors (Lipinski definition) is 2. The average Bonchev–Trinajstić information content (AvgIpc) is 2.33. The standard InChI is InChI=1S/C9H17NO2/c1-6(2)3-7-4-10-5-8(7)9(11)12/h6-8,10H,3-5H2,1-2H3,(H,11,12)/t7-,8+/m0/s1. The Bertz CT molecular complexity index is 168. The van der Waals surface area contributed by atoms with E-state index in [1.807, 2.05) is 0 Å². The van der Waals surface area contributed by atoms with Gasteiger partial charge in [-0.15, -0.1) is 0 Å². The Kier molecular flexibility index (Phi) is 3.09. The van der Waals surface area contributed by atoms with Crippen molar-refractivity contribution in [3.8, 4) is 0 Å². The highest BCUT2D eigenvalue weighted by Crippen LogP contribution is 2.23. The van der Waals surface area contributed by atoms with Gasteiger partial charge in [-0.25, -0.2) is 0 Å². The van der Waals surface area contributed by atoms with Gasteiger partial charge in [-0.1, -0.05) is 13.8 Å². The zero-order valence-electron chi connectivity index (χ0n) is 7.71. The lowest BCUT2D eigenvalue weighted by Crippen LogP contribution is -2.23. The van der Waals surface area contributed by atoms with E-state index >= 15 is 0 Å². The third-order valence-corrected chi connectivity index (χ3v) is 2.43. The fourth-order valence-corrected chi connectivity index (χ4v) is 1.88. The maximum Gasteiger partial charge on any atom is 0.308 e. The van der Waals surface area contributed by atoms with Gasteiger partial charge in [-0.2, -0.15) is 0 Å². The van der Waals surface area contributed by atoms with Crippen LogP contribution in [0.1, 0.15) is 20.3 Å². The summed E-state index contributed by atoms with van der Waals surface area (Å²) in [5.74, 6) is 0.122. The van der Waals surface area contributed by atoms with Gasteiger partial charge in [0.25, 0.3) is 0 Å². The monoisotopic (exact) mass is 171 g/mol. The molecule has 1 aliphatic rings. The van der Waals surface area contributed by atoms with Gasteiger partial charge >= 0.3 is 5.97 Å². The molecule has 0 aromatic rings. The normalized spacial score (nSPS) is 29.6. The number of carbonyl (C=O) groups is 1. The van der Waals surface area contributed by atoms with Gasteiger partial charge in [0.2, 0.25) is 0 Å². The molecule has 1 saturated heterocycles. The summed E-state index contributed by atoms with van der Waals surface area (Å²) in [5.41, 5.74) is 0. The number of hydrogen-bond donors (Lipinski definition) is 2. The molecule has 0 bridgehead atoms. The van der Waals surface area contributed by atoms with Crippen LogP contribution in [0.5, 0.6) is 0 Å². The van der Waals surface area contributed by atoms with Crippen molar-refractivity contribution in [2.45, 2.75) is 20.3 Å². The van der Waals surface area contributed by atoms with Crippen molar-refractivity contribution in [1.82, 2.24) is 5.32 Å². The Balaban J connectivity index is 2.46. The second kappa shape index (κ2) is 3.90. The highest BCUT2D eigenvalue weighted by atomic mass is 16.4. The molecular weight excluding hydrogens is 154 g/mol. The summed E-state index contributed by atoms with van der Waals surface area (Å²) in [5, 5.41) is 12.0. The number of carboxylic acid groups (broad SMARTS) is 1. The number of nitrogens with one attached hydrogen (secondary N) is 1. The van der Waals surface area contributed by atoms with Crippen LogP contribution in [-0.4, -0.2) is 24.2 Å². The van der Waals surface area contributed by atoms with Crippen molar-refractivity contribution in [2.75, 3.05) is 13.1 Å². The Hall–Kier alpha value is -0.570. The molecule has 0 saturated carbocycles. The van der Waals surface area contributed by atoms with Gasteiger partial charge in [0.05, 0.1) is 5.92 Å². The van der Waals surface area contributed by atoms with E-state index in [1.54, 1.807) is 0 Å². The van der Waals surface area contributed by atoms with Crippen molar-refractivity contribution in [1.29, 1.82) is 0 Å². The van der Waals surface area contributed by atoms with E-state index in [9.17, 15) is 4.79 Å². The molecule has 12 heavy (non-hydrogen) atoms. The molecule has 0 unspecified atom stereocenters. The topological polar surface area (TPSA) is 49.3 Å². The molecule has 2 N–H and O–H groups in total. The van der Waals surface area contributed by atoms with E-state index in [-0.39, 0.29) is 5.92 Å². The minimum absolute atomic E-state index is 0.160. The van der Waals surface area contributed by atoms with Crippen LogP contribution in [0.3, 0.4) is 0 Å². The molecule has 2 atom stereocenters.